The van der Waals surface area contributed by atoms with E-state index in [9.17, 15) is 33.9 Å². The van der Waals surface area contributed by atoms with Crippen LogP contribution in [-0.4, -0.2) is 44.0 Å². The predicted octanol–water partition coefficient (Wildman–Crippen LogP) is 4.87. The first-order valence-corrected chi connectivity index (χ1v) is 14.6. The number of hydrogen-bond acceptors (Lipinski definition) is 7. The SMILES string of the molecule is Cc1cccc(C2C3=CCC4C(=O)N(O)C(=O)C4C3CC3C(=O)N(Nc4ccc(F)cc4)C(=O)C32c2ccc(Cl)cc2)c1O. The van der Waals surface area contributed by atoms with Crippen LogP contribution in [0.5, 0.6) is 5.75 Å². The maximum atomic E-state index is 14.9. The Kier molecular flexibility index (Phi) is 6.42. The zero-order valence-corrected chi connectivity index (χ0v) is 24.2. The van der Waals surface area contributed by atoms with Gasteiger partial charge in [-0.1, -0.05) is 53.6 Å². The number of aryl methyl sites for hydroxylation is 1. The molecule has 6 atom stereocenters. The Balaban J connectivity index is 1.49. The van der Waals surface area contributed by atoms with Gasteiger partial charge in [0, 0.05) is 16.5 Å². The summed E-state index contributed by atoms with van der Waals surface area (Å²) in [7, 11) is 0. The molecule has 7 rings (SSSR count). The molecule has 9 nitrogen and oxygen atoms in total. The monoisotopic (exact) mass is 615 g/mol. The highest BCUT2D eigenvalue weighted by molar-refractivity contribution is 6.30. The second-order valence-corrected chi connectivity index (χ2v) is 12.3. The minimum atomic E-state index is -1.60. The summed E-state index contributed by atoms with van der Waals surface area (Å²) in [4.78, 5) is 55.5. The Labute approximate surface area is 256 Å². The number of carbonyl (C=O) groups excluding carboxylic acids is 4. The minimum Gasteiger partial charge on any atom is -0.507 e. The van der Waals surface area contributed by atoms with Crippen LogP contribution in [0.2, 0.25) is 5.02 Å². The van der Waals surface area contributed by atoms with Crippen LogP contribution in [0.15, 0.2) is 78.4 Å². The normalized spacial score (nSPS) is 29.4. The molecule has 0 radical (unpaired) electrons. The van der Waals surface area contributed by atoms with Crippen LogP contribution in [0.1, 0.15) is 35.4 Å². The molecule has 3 aromatic carbocycles. The number of phenols is 1. The standard InChI is InChI=1S/C33H27ClFN3O6/c1-16-3-2-4-23(28(16)39)27-21-13-14-22-26(31(42)38(44)29(22)40)24(21)15-25-30(41)37(36-20-11-9-19(35)10-12-20)32(43)33(25,27)17-5-7-18(34)8-6-17/h2-13,22,24-27,36,39,44H,14-15H2,1H3. The van der Waals surface area contributed by atoms with Gasteiger partial charge in [0.15, 0.2) is 0 Å². The van der Waals surface area contributed by atoms with Crippen LogP contribution in [-0.2, 0) is 24.6 Å². The molecule has 2 aliphatic heterocycles. The predicted molar refractivity (Wildman–Crippen MR) is 156 cm³/mol. The lowest BCUT2D eigenvalue weighted by atomic mass is 9.49. The van der Waals surface area contributed by atoms with Gasteiger partial charge in [-0.15, -0.1) is 0 Å². The Morgan fingerprint density at radius 2 is 1.64 bits per heavy atom. The van der Waals surface area contributed by atoms with Crippen molar-refractivity contribution in [3.8, 4) is 5.75 Å². The van der Waals surface area contributed by atoms with Gasteiger partial charge in [0.25, 0.3) is 23.6 Å². The van der Waals surface area contributed by atoms with Gasteiger partial charge in [-0.2, -0.15) is 10.1 Å². The van der Waals surface area contributed by atoms with Crippen molar-refractivity contribution in [2.45, 2.75) is 31.1 Å². The molecular weight excluding hydrogens is 589 g/mol. The number of benzene rings is 3. The summed E-state index contributed by atoms with van der Waals surface area (Å²) < 4.78 is 13.7. The third-order valence-electron chi connectivity index (χ3n) is 9.81. The van der Waals surface area contributed by atoms with Gasteiger partial charge in [0.2, 0.25) is 0 Å². The van der Waals surface area contributed by atoms with Crippen LogP contribution in [0, 0.1) is 36.4 Å². The Hall–Kier alpha value is -4.54. The van der Waals surface area contributed by atoms with Gasteiger partial charge < -0.3 is 5.11 Å². The Morgan fingerprint density at radius 3 is 2.34 bits per heavy atom. The van der Waals surface area contributed by atoms with Crippen molar-refractivity contribution in [3.05, 3.63) is 106 Å². The van der Waals surface area contributed by atoms with Crippen molar-refractivity contribution in [2.75, 3.05) is 5.43 Å². The van der Waals surface area contributed by atoms with E-state index in [1.165, 1.54) is 24.3 Å². The molecule has 4 amide bonds. The number of imide groups is 2. The largest absolute Gasteiger partial charge is 0.507 e. The number of halogens is 2. The second kappa shape index (κ2) is 10.0. The van der Waals surface area contributed by atoms with Gasteiger partial charge in [-0.05, 0) is 73.2 Å². The molecule has 3 fully saturated rings. The molecule has 1 saturated carbocycles. The fraction of sp³-hybridized carbons (Fsp3) is 0.273. The quantitative estimate of drug-likeness (QED) is 0.217. The first-order chi connectivity index (χ1) is 21.0. The van der Waals surface area contributed by atoms with E-state index >= 15 is 0 Å². The molecule has 44 heavy (non-hydrogen) atoms. The van der Waals surface area contributed by atoms with Crippen molar-refractivity contribution in [3.63, 3.8) is 0 Å². The summed E-state index contributed by atoms with van der Waals surface area (Å²) in [5.41, 5.74) is 3.64. The molecule has 3 N–H and O–H groups in total. The number of para-hydroxylation sites is 1. The summed E-state index contributed by atoms with van der Waals surface area (Å²) >= 11 is 6.27. The molecule has 0 bridgehead atoms. The average Bonchev–Trinajstić information content (AvgIpc) is 3.36. The molecule has 0 spiro atoms. The van der Waals surface area contributed by atoms with Crippen LogP contribution in [0.4, 0.5) is 10.1 Å². The van der Waals surface area contributed by atoms with E-state index in [-0.39, 0.29) is 23.7 Å². The number of hydroxylamine groups is 2. The molecular formula is C33H27ClFN3O6. The van der Waals surface area contributed by atoms with E-state index in [1.54, 1.807) is 49.4 Å². The lowest BCUT2D eigenvalue weighted by molar-refractivity contribution is -0.173. The lowest BCUT2D eigenvalue weighted by Crippen LogP contribution is -2.53. The van der Waals surface area contributed by atoms with Crippen molar-refractivity contribution in [1.29, 1.82) is 0 Å². The molecule has 224 valence electrons. The molecule has 3 aromatic rings. The first kappa shape index (κ1) is 28.2. The van der Waals surface area contributed by atoms with Gasteiger partial charge in [-0.3, -0.25) is 29.8 Å². The highest BCUT2D eigenvalue weighted by Gasteiger charge is 2.70. The highest BCUT2D eigenvalue weighted by atomic mass is 35.5. The summed E-state index contributed by atoms with van der Waals surface area (Å²) in [6.07, 6.45) is 1.99. The molecule has 0 aromatic heterocycles. The van der Waals surface area contributed by atoms with E-state index in [2.05, 4.69) is 5.43 Å². The fourth-order valence-electron chi connectivity index (χ4n) is 7.90. The van der Waals surface area contributed by atoms with Crippen LogP contribution in [0.25, 0.3) is 0 Å². The summed E-state index contributed by atoms with van der Waals surface area (Å²) in [5.74, 6) is -7.58. The van der Waals surface area contributed by atoms with Crippen LogP contribution >= 0.6 is 11.6 Å². The van der Waals surface area contributed by atoms with Crippen LogP contribution in [0.3, 0.4) is 0 Å². The maximum Gasteiger partial charge on any atom is 0.260 e. The van der Waals surface area contributed by atoms with E-state index < -0.39 is 64.5 Å². The number of amides is 4. The molecule has 2 aliphatic carbocycles. The topological polar surface area (TPSA) is 127 Å². The Morgan fingerprint density at radius 1 is 0.932 bits per heavy atom. The smallest absolute Gasteiger partial charge is 0.260 e. The number of fused-ring (bicyclic) bond motifs is 4. The van der Waals surface area contributed by atoms with E-state index in [0.29, 0.717) is 33.0 Å². The lowest BCUT2D eigenvalue weighted by Gasteiger charge is -2.50. The number of hydrazine groups is 1. The number of anilines is 1. The van der Waals surface area contributed by atoms with Gasteiger partial charge in [0.05, 0.1) is 28.9 Å². The summed E-state index contributed by atoms with van der Waals surface area (Å²) in [5, 5.41) is 23.3. The minimum absolute atomic E-state index is 0.0255. The highest BCUT2D eigenvalue weighted by Crippen LogP contribution is 2.65. The average molecular weight is 616 g/mol. The van der Waals surface area contributed by atoms with Gasteiger partial charge in [-0.25, -0.2) is 4.39 Å². The molecule has 4 aliphatic rings. The van der Waals surface area contributed by atoms with Crippen molar-refractivity contribution >= 4 is 40.9 Å². The number of nitrogens with one attached hydrogen (secondary N) is 1. The number of phenolic OH excluding ortho intramolecular Hbond substituents is 1. The van der Waals surface area contributed by atoms with E-state index in [0.717, 1.165) is 5.01 Å². The zero-order valence-electron chi connectivity index (χ0n) is 23.4. The van der Waals surface area contributed by atoms with Crippen molar-refractivity contribution in [1.82, 2.24) is 10.1 Å². The third-order valence-corrected chi connectivity index (χ3v) is 10.1. The Bertz CT molecular complexity index is 1780. The molecule has 2 saturated heterocycles. The number of hydrogen-bond donors (Lipinski definition) is 3. The van der Waals surface area contributed by atoms with E-state index in [1.807, 2.05) is 6.08 Å². The first-order valence-electron chi connectivity index (χ1n) is 14.3. The molecule has 2 heterocycles. The van der Waals surface area contributed by atoms with Crippen molar-refractivity contribution < 1.29 is 33.9 Å². The zero-order chi connectivity index (χ0) is 31.1. The number of nitrogens with zero attached hydrogens (tertiary/aromatic N) is 2. The second-order valence-electron chi connectivity index (χ2n) is 11.9. The van der Waals surface area contributed by atoms with Crippen molar-refractivity contribution in [2.24, 2.45) is 23.7 Å². The van der Waals surface area contributed by atoms with E-state index in [4.69, 9.17) is 11.6 Å². The van der Waals surface area contributed by atoms with Gasteiger partial charge >= 0.3 is 0 Å². The number of allylic oxidation sites excluding steroid dienone is 2. The molecule has 6 unspecified atom stereocenters. The fourth-order valence-corrected chi connectivity index (χ4v) is 8.02. The third kappa shape index (κ3) is 3.80. The summed E-state index contributed by atoms with van der Waals surface area (Å²) in [6.45, 7) is 1.73. The maximum absolute atomic E-state index is 14.9. The molecule has 11 heteroatoms. The van der Waals surface area contributed by atoms with Gasteiger partial charge in [0.1, 0.15) is 11.6 Å². The number of rotatable bonds is 4. The summed E-state index contributed by atoms with van der Waals surface area (Å²) in [6, 6.07) is 17.0. The number of aromatic hydroxyl groups is 1. The van der Waals surface area contributed by atoms with Crippen LogP contribution < -0.4 is 5.43 Å². The number of carbonyl (C=O) groups is 4.